The van der Waals surface area contributed by atoms with E-state index in [-0.39, 0.29) is 5.56 Å². The number of aromatic carboxylic acids is 1. The zero-order chi connectivity index (χ0) is 18.2. The Kier molecular flexibility index (Phi) is 6.95. The molecule has 2 aromatic carbocycles. The summed E-state index contributed by atoms with van der Waals surface area (Å²) < 4.78 is 11.3. The molecule has 0 unspecified atom stereocenters. The molecule has 0 atom stereocenters. The molecule has 0 radical (unpaired) electrons. The number of hydrogen-bond donors (Lipinski definition) is 2. The summed E-state index contributed by atoms with van der Waals surface area (Å²) in [5, 5.41) is 12.7. The van der Waals surface area contributed by atoms with Gasteiger partial charge in [-0.1, -0.05) is 18.5 Å². The van der Waals surface area contributed by atoms with Gasteiger partial charge in [0.2, 0.25) is 0 Å². The van der Waals surface area contributed by atoms with Crippen molar-refractivity contribution in [3.63, 3.8) is 0 Å². The number of halogens is 1. The lowest BCUT2D eigenvalue weighted by Crippen LogP contribution is -2.04. The van der Waals surface area contributed by atoms with Crippen molar-refractivity contribution >= 4 is 23.3 Å². The molecular weight excluding hydrogens is 342 g/mol. The van der Waals surface area contributed by atoms with Gasteiger partial charge in [0.25, 0.3) is 0 Å². The SMILES string of the molecule is CCCOc1c(Cl)cc(CNc2ccc(C(=O)O)cc2)cc1OCC. The molecule has 2 rings (SSSR count). The average molecular weight is 364 g/mol. The van der Waals surface area contributed by atoms with Crippen LogP contribution in [0.1, 0.15) is 36.2 Å². The van der Waals surface area contributed by atoms with Crippen molar-refractivity contribution in [2.24, 2.45) is 0 Å². The second-order valence-electron chi connectivity index (χ2n) is 5.42. The smallest absolute Gasteiger partial charge is 0.335 e. The minimum absolute atomic E-state index is 0.254. The van der Waals surface area contributed by atoms with E-state index in [2.05, 4.69) is 5.32 Å². The number of carbonyl (C=O) groups is 1. The summed E-state index contributed by atoms with van der Waals surface area (Å²) in [5.74, 6) is 0.253. The van der Waals surface area contributed by atoms with Gasteiger partial charge in [-0.15, -0.1) is 0 Å². The number of ether oxygens (including phenoxy) is 2. The quantitative estimate of drug-likeness (QED) is 0.667. The Morgan fingerprint density at radius 2 is 1.88 bits per heavy atom. The Hall–Kier alpha value is -2.40. The van der Waals surface area contributed by atoms with Crippen LogP contribution < -0.4 is 14.8 Å². The molecule has 0 spiro atoms. The lowest BCUT2D eigenvalue weighted by Gasteiger charge is -2.15. The highest BCUT2D eigenvalue weighted by atomic mass is 35.5. The van der Waals surface area contributed by atoms with Gasteiger partial charge < -0.3 is 19.9 Å². The monoisotopic (exact) mass is 363 g/mol. The van der Waals surface area contributed by atoms with E-state index in [0.717, 1.165) is 17.7 Å². The van der Waals surface area contributed by atoms with Crippen LogP contribution in [0.25, 0.3) is 0 Å². The highest BCUT2D eigenvalue weighted by Crippen LogP contribution is 2.37. The maximum atomic E-state index is 10.9. The fourth-order valence-electron chi connectivity index (χ4n) is 2.27. The van der Waals surface area contributed by atoms with Gasteiger partial charge in [0.05, 0.1) is 23.8 Å². The molecule has 2 N–H and O–H groups in total. The first kappa shape index (κ1) is 18.9. The molecule has 25 heavy (non-hydrogen) atoms. The van der Waals surface area contributed by atoms with Crippen LogP contribution >= 0.6 is 11.6 Å². The molecule has 0 aliphatic heterocycles. The molecule has 0 heterocycles. The standard InChI is InChI=1S/C19H22ClNO4/c1-3-9-25-18-16(20)10-13(11-17(18)24-4-2)12-21-15-7-5-14(6-8-15)19(22)23/h5-8,10-11,21H,3-4,9,12H2,1-2H3,(H,22,23). The van der Waals surface area contributed by atoms with Crippen LogP contribution in [0.5, 0.6) is 11.5 Å². The highest BCUT2D eigenvalue weighted by molar-refractivity contribution is 6.32. The van der Waals surface area contributed by atoms with Crippen LogP contribution in [0.2, 0.25) is 5.02 Å². The lowest BCUT2D eigenvalue weighted by molar-refractivity contribution is 0.0697. The second-order valence-corrected chi connectivity index (χ2v) is 5.83. The third-order valence-electron chi connectivity index (χ3n) is 3.45. The third-order valence-corrected chi connectivity index (χ3v) is 3.73. The summed E-state index contributed by atoms with van der Waals surface area (Å²) in [4.78, 5) is 10.9. The molecule has 0 bridgehead atoms. The van der Waals surface area contributed by atoms with Gasteiger partial charge in [0, 0.05) is 12.2 Å². The van der Waals surface area contributed by atoms with Crippen LogP contribution in [0.3, 0.4) is 0 Å². The molecule has 134 valence electrons. The first-order valence-electron chi connectivity index (χ1n) is 8.20. The minimum Gasteiger partial charge on any atom is -0.490 e. The molecule has 6 heteroatoms. The molecule has 0 aromatic heterocycles. The van der Waals surface area contributed by atoms with Crippen LogP contribution in [0.4, 0.5) is 5.69 Å². The summed E-state index contributed by atoms with van der Waals surface area (Å²) in [6.45, 7) is 5.56. The van der Waals surface area contributed by atoms with Gasteiger partial charge in [0.1, 0.15) is 0 Å². The molecule has 0 fully saturated rings. The molecule has 0 amide bonds. The molecule has 0 saturated heterocycles. The Morgan fingerprint density at radius 3 is 2.48 bits per heavy atom. The van der Waals surface area contributed by atoms with Gasteiger partial charge >= 0.3 is 5.97 Å². The van der Waals surface area contributed by atoms with Crippen molar-refractivity contribution in [2.45, 2.75) is 26.8 Å². The van der Waals surface area contributed by atoms with Crippen molar-refractivity contribution < 1.29 is 19.4 Å². The van der Waals surface area contributed by atoms with Crippen molar-refractivity contribution in [1.29, 1.82) is 0 Å². The molecule has 0 aliphatic carbocycles. The minimum atomic E-state index is -0.942. The van der Waals surface area contributed by atoms with Crippen LogP contribution in [-0.4, -0.2) is 24.3 Å². The van der Waals surface area contributed by atoms with Crippen molar-refractivity contribution in [2.75, 3.05) is 18.5 Å². The Morgan fingerprint density at radius 1 is 1.16 bits per heavy atom. The maximum Gasteiger partial charge on any atom is 0.335 e. The van der Waals surface area contributed by atoms with Gasteiger partial charge in [-0.05, 0) is 55.3 Å². The summed E-state index contributed by atoms with van der Waals surface area (Å²) >= 11 is 6.35. The Labute approximate surface area is 152 Å². The molecular formula is C19H22ClNO4. The normalized spacial score (nSPS) is 10.4. The zero-order valence-corrected chi connectivity index (χ0v) is 15.1. The largest absolute Gasteiger partial charge is 0.490 e. The van der Waals surface area contributed by atoms with Crippen molar-refractivity contribution in [1.82, 2.24) is 0 Å². The van der Waals surface area contributed by atoms with E-state index < -0.39 is 5.97 Å². The molecule has 0 saturated carbocycles. The first-order chi connectivity index (χ1) is 12.0. The van der Waals surface area contributed by atoms with Gasteiger partial charge in [0.15, 0.2) is 11.5 Å². The van der Waals surface area contributed by atoms with Gasteiger partial charge in [-0.2, -0.15) is 0 Å². The molecule has 2 aromatic rings. The second kappa shape index (κ2) is 9.18. The predicted molar refractivity (Wildman–Crippen MR) is 99.1 cm³/mol. The topological polar surface area (TPSA) is 67.8 Å². The number of hydrogen-bond acceptors (Lipinski definition) is 4. The van der Waals surface area contributed by atoms with Crippen LogP contribution in [-0.2, 0) is 6.54 Å². The van der Waals surface area contributed by atoms with Crippen LogP contribution in [0, 0.1) is 0 Å². The summed E-state index contributed by atoms with van der Waals surface area (Å²) in [7, 11) is 0. The fraction of sp³-hybridized carbons (Fsp3) is 0.316. The first-order valence-corrected chi connectivity index (χ1v) is 8.58. The predicted octanol–water partition coefficient (Wildman–Crippen LogP) is 4.84. The fourth-order valence-corrected chi connectivity index (χ4v) is 2.55. The van der Waals surface area contributed by atoms with E-state index in [0.29, 0.717) is 36.3 Å². The highest BCUT2D eigenvalue weighted by Gasteiger charge is 2.12. The number of benzene rings is 2. The van der Waals surface area contributed by atoms with E-state index in [9.17, 15) is 4.79 Å². The number of carboxylic acid groups (broad SMARTS) is 1. The van der Waals surface area contributed by atoms with Crippen molar-refractivity contribution in [3.8, 4) is 11.5 Å². The number of anilines is 1. The Balaban J connectivity index is 2.12. The summed E-state index contributed by atoms with van der Waals surface area (Å²) in [6.07, 6.45) is 0.886. The zero-order valence-electron chi connectivity index (χ0n) is 14.3. The van der Waals surface area contributed by atoms with Crippen LogP contribution in [0.15, 0.2) is 36.4 Å². The lowest BCUT2D eigenvalue weighted by atomic mass is 10.1. The van der Waals surface area contributed by atoms with E-state index in [1.54, 1.807) is 24.3 Å². The molecule has 5 nitrogen and oxygen atoms in total. The number of nitrogens with one attached hydrogen (secondary N) is 1. The van der Waals surface area contributed by atoms with E-state index in [4.69, 9.17) is 26.2 Å². The average Bonchev–Trinajstić information content (AvgIpc) is 2.60. The maximum absolute atomic E-state index is 10.9. The third kappa shape index (κ3) is 5.29. The van der Waals surface area contributed by atoms with E-state index in [1.165, 1.54) is 0 Å². The Bertz CT molecular complexity index is 716. The van der Waals surface area contributed by atoms with Crippen molar-refractivity contribution in [3.05, 3.63) is 52.5 Å². The van der Waals surface area contributed by atoms with E-state index in [1.807, 2.05) is 26.0 Å². The van der Waals surface area contributed by atoms with E-state index >= 15 is 0 Å². The van der Waals surface area contributed by atoms with Gasteiger partial charge in [-0.3, -0.25) is 0 Å². The number of carboxylic acids is 1. The summed E-state index contributed by atoms with van der Waals surface area (Å²) in [6, 6.07) is 10.3. The number of rotatable bonds is 9. The summed E-state index contributed by atoms with van der Waals surface area (Å²) in [5.41, 5.74) is 2.02. The molecule has 0 aliphatic rings. The van der Waals surface area contributed by atoms with Gasteiger partial charge in [-0.25, -0.2) is 4.79 Å².